The van der Waals surface area contributed by atoms with Gasteiger partial charge in [-0.15, -0.1) is 0 Å². The molecule has 9 nitrogen and oxygen atoms in total. The smallest absolute Gasteiger partial charge is 0.414 e. The molecule has 34 heavy (non-hydrogen) atoms. The summed E-state index contributed by atoms with van der Waals surface area (Å²) in [5.41, 5.74) is 1.20. The minimum absolute atomic E-state index is 0.246. The van der Waals surface area contributed by atoms with Gasteiger partial charge in [-0.1, -0.05) is 30.3 Å². The largest absolute Gasteiger partial charge is 0.465 e. The minimum atomic E-state index is -1.06. The third-order valence-electron chi connectivity index (χ3n) is 5.07. The second kappa shape index (κ2) is 12.0. The molecule has 2 N–H and O–H groups in total. The van der Waals surface area contributed by atoms with Gasteiger partial charge in [0, 0.05) is 26.7 Å². The third-order valence-corrected chi connectivity index (χ3v) is 5.07. The van der Waals surface area contributed by atoms with Crippen molar-refractivity contribution < 1.29 is 24.2 Å². The molecule has 0 spiro atoms. The van der Waals surface area contributed by atoms with E-state index in [9.17, 15) is 14.4 Å². The zero-order chi connectivity index (χ0) is 25.3. The van der Waals surface area contributed by atoms with Crippen LogP contribution in [-0.2, 0) is 11.2 Å². The van der Waals surface area contributed by atoms with Crippen molar-refractivity contribution in [1.82, 2.24) is 15.2 Å². The molecule has 2 aromatic rings. The molecule has 1 aromatic heterocycles. The van der Waals surface area contributed by atoms with E-state index in [-0.39, 0.29) is 17.6 Å². The van der Waals surface area contributed by atoms with Crippen LogP contribution < -0.4 is 10.2 Å². The number of carboxylic acid groups (broad SMARTS) is 1. The SMILES string of the molecule is CN(CCCC(Cc1ccccc1)NC(=O)O)C(=O)c1ccc(N(C)C(=O)OC(C)(C)C)cn1. The molecular weight excluding hydrogens is 436 g/mol. The van der Waals surface area contributed by atoms with Crippen LogP contribution >= 0.6 is 0 Å². The summed E-state index contributed by atoms with van der Waals surface area (Å²) in [6, 6.07) is 12.6. The van der Waals surface area contributed by atoms with Crippen molar-refractivity contribution in [2.24, 2.45) is 0 Å². The van der Waals surface area contributed by atoms with Gasteiger partial charge in [0.15, 0.2) is 0 Å². The second-order valence-electron chi connectivity index (χ2n) is 9.15. The van der Waals surface area contributed by atoms with Crippen molar-refractivity contribution in [3.05, 3.63) is 59.9 Å². The van der Waals surface area contributed by atoms with Gasteiger partial charge in [0.1, 0.15) is 11.3 Å². The molecule has 1 atom stereocenters. The lowest BCUT2D eigenvalue weighted by Crippen LogP contribution is -2.36. The summed E-state index contributed by atoms with van der Waals surface area (Å²) in [6.45, 7) is 5.81. The lowest BCUT2D eigenvalue weighted by atomic mass is 10.0. The Bertz CT molecular complexity index is 958. The van der Waals surface area contributed by atoms with Crippen molar-refractivity contribution >= 4 is 23.8 Å². The van der Waals surface area contributed by atoms with Crippen LogP contribution in [0.25, 0.3) is 0 Å². The van der Waals surface area contributed by atoms with Gasteiger partial charge in [-0.05, 0) is 57.7 Å². The van der Waals surface area contributed by atoms with Gasteiger partial charge in [0.05, 0.1) is 11.9 Å². The molecule has 0 aliphatic heterocycles. The van der Waals surface area contributed by atoms with Gasteiger partial charge < -0.3 is 20.1 Å². The van der Waals surface area contributed by atoms with E-state index < -0.39 is 17.8 Å². The average molecular weight is 471 g/mol. The molecule has 3 amide bonds. The molecule has 184 valence electrons. The van der Waals surface area contributed by atoms with E-state index in [0.29, 0.717) is 31.5 Å². The number of aromatic nitrogens is 1. The number of carbonyl (C=O) groups is 3. The molecule has 1 aromatic carbocycles. The number of ether oxygens (including phenoxy) is 1. The van der Waals surface area contributed by atoms with Crippen LogP contribution in [0.1, 0.15) is 49.7 Å². The van der Waals surface area contributed by atoms with Crippen molar-refractivity contribution in [2.75, 3.05) is 25.5 Å². The molecule has 0 aliphatic rings. The fraction of sp³-hybridized carbons (Fsp3) is 0.440. The van der Waals surface area contributed by atoms with Gasteiger partial charge in [-0.25, -0.2) is 14.6 Å². The lowest BCUT2D eigenvalue weighted by molar-refractivity contribution is 0.0589. The molecule has 0 fully saturated rings. The first kappa shape index (κ1) is 26.6. The van der Waals surface area contributed by atoms with Gasteiger partial charge in [-0.3, -0.25) is 9.69 Å². The lowest BCUT2D eigenvalue weighted by Gasteiger charge is -2.24. The summed E-state index contributed by atoms with van der Waals surface area (Å²) in [6.07, 6.45) is 1.68. The summed E-state index contributed by atoms with van der Waals surface area (Å²) in [5.74, 6) is -0.253. The summed E-state index contributed by atoms with van der Waals surface area (Å²) in [5, 5.41) is 11.7. The topological polar surface area (TPSA) is 112 Å². The highest BCUT2D eigenvalue weighted by molar-refractivity contribution is 5.93. The Balaban J connectivity index is 1.90. The summed E-state index contributed by atoms with van der Waals surface area (Å²) < 4.78 is 5.34. The Kier molecular flexibility index (Phi) is 9.41. The maximum Gasteiger partial charge on any atom is 0.414 e. The van der Waals surface area contributed by atoms with Crippen LogP contribution in [0.15, 0.2) is 48.7 Å². The Morgan fingerprint density at radius 2 is 1.76 bits per heavy atom. The van der Waals surface area contributed by atoms with Crippen LogP contribution in [-0.4, -0.2) is 65.4 Å². The van der Waals surface area contributed by atoms with Crippen molar-refractivity contribution in [1.29, 1.82) is 0 Å². The standard InChI is InChI=1S/C25H34N4O5/c1-25(2,3)34-24(33)29(5)20-13-14-21(26-17-20)22(30)28(4)15-9-12-19(27-23(31)32)16-18-10-7-6-8-11-18/h6-8,10-11,13-14,17,19,27H,9,12,15-16H2,1-5H3,(H,31,32). The maximum atomic E-state index is 12.7. The second-order valence-corrected chi connectivity index (χ2v) is 9.15. The summed E-state index contributed by atoms with van der Waals surface area (Å²) in [7, 11) is 3.26. The van der Waals surface area contributed by atoms with Crippen LogP contribution in [0.2, 0.25) is 0 Å². The first-order valence-electron chi connectivity index (χ1n) is 11.2. The fourth-order valence-corrected chi connectivity index (χ4v) is 3.32. The van der Waals surface area contributed by atoms with E-state index in [1.54, 1.807) is 51.9 Å². The third kappa shape index (κ3) is 8.73. The van der Waals surface area contributed by atoms with Gasteiger partial charge in [0.2, 0.25) is 0 Å². The molecule has 0 bridgehead atoms. The van der Waals surface area contributed by atoms with Crippen LogP contribution in [0.3, 0.4) is 0 Å². The van der Waals surface area contributed by atoms with Crippen molar-refractivity contribution in [3.8, 4) is 0 Å². The Hall–Kier alpha value is -3.62. The van der Waals surface area contributed by atoms with Gasteiger partial charge in [0.25, 0.3) is 5.91 Å². The number of hydrogen-bond donors (Lipinski definition) is 2. The number of benzene rings is 1. The zero-order valence-corrected chi connectivity index (χ0v) is 20.4. The molecule has 0 aliphatic carbocycles. The van der Waals surface area contributed by atoms with E-state index in [1.165, 1.54) is 11.1 Å². The van der Waals surface area contributed by atoms with Gasteiger partial charge in [-0.2, -0.15) is 0 Å². The monoisotopic (exact) mass is 470 g/mol. The molecule has 9 heteroatoms. The van der Waals surface area contributed by atoms with Crippen LogP contribution in [0.4, 0.5) is 15.3 Å². The number of nitrogens with one attached hydrogen (secondary N) is 1. The molecule has 0 saturated carbocycles. The highest BCUT2D eigenvalue weighted by Crippen LogP contribution is 2.17. The van der Waals surface area contributed by atoms with E-state index in [4.69, 9.17) is 9.84 Å². The number of rotatable bonds is 9. The first-order valence-corrected chi connectivity index (χ1v) is 11.2. The normalized spacial score (nSPS) is 11.9. The molecule has 0 saturated heterocycles. The molecule has 0 radical (unpaired) electrons. The van der Waals surface area contributed by atoms with E-state index in [2.05, 4.69) is 10.3 Å². The van der Waals surface area contributed by atoms with Crippen LogP contribution in [0.5, 0.6) is 0 Å². The average Bonchev–Trinajstić information content (AvgIpc) is 2.77. The molecular formula is C25H34N4O5. The number of carbonyl (C=O) groups excluding carboxylic acids is 2. The maximum absolute atomic E-state index is 12.7. The summed E-state index contributed by atoms with van der Waals surface area (Å²) >= 11 is 0. The summed E-state index contributed by atoms with van der Waals surface area (Å²) in [4.78, 5) is 43.2. The number of hydrogen-bond acceptors (Lipinski definition) is 5. The number of amides is 3. The van der Waals surface area contributed by atoms with Crippen molar-refractivity contribution in [3.63, 3.8) is 0 Å². The van der Waals surface area contributed by atoms with E-state index in [0.717, 1.165) is 5.56 Å². The number of anilines is 1. The zero-order valence-electron chi connectivity index (χ0n) is 20.4. The predicted octanol–water partition coefficient (Wildman–Crippen LogP) is 4.18. The molecule has 1 heterocycles. The highest BCUT2D eigenvalue weighted by atomic mass is 16.6. The number of nitrogens with zero attached hydrogens (tertiary/aromatic N) is 3. The number of pyridine rings is 1. The molecule has 1 unspecified atom stereocenters. The molecule has 2 rings (SSSR count). The van der Waals surface area contributed by atoms with Crippen LogP contribution in [0, 0.1) is 0 Å². The minimum Gasteiger partial charge on any atom is -0.465 e. The highest BCUT2D eigenvalue weighted by Gasteiger charge is 2.21. The van der Waals surface area contributed by atoms with E-state index >= 15 is 0 Å². The first-order chi connectivity index (χ1) is 16.0. The quantitative estimate of drug-likeness (QED) is 0.568. The van der Waals surface area contributed by atoms with E-state index in [1.807, 2.05) is 30.3 Å². The Labute approximate surface area is 200 Å². The Morgan fingerprint density at radius 1 is 1.09 bits per heavy atom. The van der Waals surface area contributed by atoms with Gasteiger partial charge >= 0.3 is 12.2 Å². The fourth-order valence-electron chi connectivity index (χ4n) is 3.32. The predicted molar refractivity (Wildman–Crippen MR) is 130 cm³/mol. The van der Waals surface area contributed by atoms with Crippen molar-refractivity contribution in [2.45, 2.75) is 51.7 Å². The Morgan fingerprint density at radius 3 is 2.32 bits per heavy atom.